The van der Waals surface area contributed by atoms with Crippen LogP contribution in [0.1, 0.15) is 38.5 Å². The van der Waals surface area contributed by atoms with Crippen LogP contribution in [0.5, 0.6) is 0 Å². The summed E-state index contributed by atoms with van der Waals surface area (Å²) in [5, 5.41) is 7.60. The predicted octanol–water partition coefficient (Wildman–Crippen LogP) is 1.22. The molecule has 3 fully saturated rings. The highest BCUT2D eigenvalue weighted by Crippen LogP contribution is 2.30. The molecule has 2 saturated heterocycles. The molecule has 1 saturated carbocycles. The molecule has 0 bridgehead atoms. The molecule has 0 amide bonds. The molecule has 2 heterocycles. The van der Waals surface area contributed by atoms with Gasteiger partial charge in [0.1, 0.15) is 0 Å². The molecule has 116 valence electrons. The lowest BCUT2D eigenvalue weighted by molar-refractivity contribution is 0.0375. The van der Waals surface area contributed by atoms with Gasteiger partial charge in [0, 0.05) is 38.3 Å². The third kappa shape index (κ3) is 3.94. The Hall–Kier alpha value is -0.160. The quantitative estimate of drug-likeness (QED) is 0.794. The minimum Gasteiger partial charge on any atom is -0.379 e. The van der Waals surface area contributed by atoms with Crippen LogP contribution in [0.3, 0.4) is 0 Å². The number of nitrogens with zero attached hydrogens (tertiary/aromatic N) is 1. The number of ether oxygens (including phenoxy) is 1. The average Bonchev–Trinajstić information content (AvgIpc) is 3.03. The van der Waals surface area contributed by atoms with E-state index >= 15 is 0 Å². The van der Waals surface area contributed by atoms with Gasteiger partial charge in [-0.2, -0.15) is 0 Å². The molecule has 3 atom stereocenters. The van der Waals surface area contributed by atoms with Crippen molar-refractivity contribution in [2.45, 2.75) is 50.6 Å². The van der Waals surface area contributed by atoms with E-state index in [1.165, 1.54) is 51.6 Å². The molecular formula is C16H31N3O. The van der Waals surface area contributed by atoms with Crippen molar-refractivity contribution in [3.05, 3.63) is 0 Å². The molecule has 0 spiro atoms. The first-order valence-corrected chi connectivity index (χ1v) is 8.70. The third-order valence-corrected chi connectivity index (χ3v) is 5.37. The fourth-order valence-corrected chi connectivity index (χ4v) is 4.20. The van der Waals surface area contributed by atoms with Crippen LogP contribution in [0, 0.1) is 5.92 Å². The highest BCUT2D eigenvalue weighted by molar-refractivity contribution is 4.91. The molecule has 0 aromatic heterocycles. The highest BCUT2D eigenvalue weighted by atomic mass is 16.5. The maximum absolute atomic E-state index is 5.41. The molecule has 3 unspecified atom stereocenters. The van der Waals surface area contributed by atoms with E-state index in [9.17, 15) is 0 Å². The summed E-state index contributed by atoms with van der Waals surface area (Å²) in [6.45, 7) is 7.62. The summed E-state index contributed by atoms with van der Waals surface area (Å²) >= 11 is 0. The van der Waals surface area contributed by atoms with Gasteiger partial charge >= 0.3 is 0 Å². The summed E-state index contributed by atoms with van der Waals surface area (Å²) in [6, 6.07) is 1.54. The number of nitrogens with one attached hydrogen (secondary N) is 2. The van der Waals surface area contributed by atoms with Crippen LogP contribution in [0.25, 0.3) is 0 Å². The fourth-order valence-electron chi connectivity index (χ4n) is 4.20. The van der Waals surface area contributed by atoms with Gasteiger partial charge in [0.2, 0.25) is 0 Å². The van der Waals surface area contributed by atoms with Crippen LogP contribution in [0.15, 0.2) is 0 Å². The third-order valence-electron chi connectivity index (χ3n) is 5.37. The van der Waals surface area contributed by atoms with Gasteiger partial charge in [-0.15, -0.1) is 0 Å². The Morgan fingerprint density at radius 1 is 1.05 bits per heavy atom. The molecule has 3 rings (SSSR count). The number of morpholine rings is 1. The number of hydrogen-bond donors (Lipinski definition) is 2. The minimum atomic E-state index is 0.750. The zero-order valence-electron chi connectivity index (χ0n) is 12.8. The van der Waals surface area contributed by atoms with E-state index in [4.69, 9.17) is 4.74 Å². The summed E-state index contributed by atoms with van der Waals surface area (Å²) in [5.41, 5.74) is 0. The number of rotatable bonds is 5. The van der Waals surface area contributed by atoms with Crippen molar-refractivity contribution in [1.29, 1.82) is 0 Å². The van der Waals surface area contributed by atoms with E-state index in [0.29, 0.717) is 0 Å². The number of hydrogen-bond acceptors (Lipinski definition) is 4. The molecule has 1 aliphatic carbocycles. The molecule has 4 heteroatoms. The lowest BCUT2D eigenvalue weighted by Gasteiger charge is -2.37. The lowest BCUT2D eigenvalue weighted by atomic mass is 9.79. The monoisotopic (exact) mass is 281 g/mol. The second-order valence-corrected chi connectivity index (χ2v) is 6.67. The van der Waals surface area contributed by atoms with Crippen LogP contribution in [-0.4, -0.2) is 62.9 Å². The molecule has 20 heavy (non-hydrogen) atoms. The summed E-state index contributed by atoms with van der Waals surface area (Å²) in [6.07, 6.45) is 8.43. The zero-order chi connectivity index (χ0) is 13.6. The van der Waals surface area contributed by atoms with Crippen LogP contribution in [0.2, 0.25) is 0 Å². The molecule has 4 nitrogen and oxygen atoms in total. The molecule has 0 radical (unpaired) electrons. The zero-order valence-corrected chi connectivity index (χ0v) is 12.8. The van der Waals surface area contributed by atoms with Gasteiger partial charge < -0.3 is 15.4 Å². The minimum absolute atomic E-state index is 0.750. The Morgan fingerprint density at radius 2 is 1.90 bits per heavy atom. The van der Waals surface area contributed by atoms with Gasteiger partial charge in [0.05, 0.1) is 13.2 Å². The van der Waals surface area contributed by atoms with E-state index in [0.717, 1.165) is 50.8 Å². The predicted molar refractivity (Wildman–Crippen MR) is 82.0 cm³/mol. The van der Waals surface area contributed by atoms with Crippen LogP contribution in [-0.2, 0) is 4.74 Å². The standard InChI is InChI=1S/C16H31N3O/c1-2-5-15(14(4-1)16-6-3-7-17-16)18-8-9-19-10-12-20-13-11-19/h14-18H,1-13H2. The van der Waals surface area contributed by atoms with Gasteiger partial charge in [-0.05, 0) is 38.1 Å². The fraction of sp³-hybridized carbons (Fsp3) is 1.00. The van der Waals surface area contributed by atoms with E-state index in [1.807, 2.05) is 0 Å². The first-order chi connectivity index (χ1) is 9.93. The second-order valence-electron chi connectivity index (χ2n) is 6.67. The summed E-state index contributed by atoms with van der Waals surface area (Å²) in [4.78, 5) is 2.53. The van der Waals surface area contributed by atoms with Crippen molar-refractivity contribution in [3.63, 3.8) is 0 Å². The Balaban J connectivity index is 1.41. The maximum atomic E-state index is 5.41. The normalized spacial score (nSPS) is 36.3. The van der Waals surface area contributed by atoms with Gasteiger partial charge in [-0.3, -0.25) is 4.90 Å². The molecule has 0 aromatic rings. The largest absolute Gasteiger partial charge is 0.379 e. The van der Waals surface area contributed by atoms with Crippen LogP contribution < -0.4 is 10.6 Å². The van der Waals surface area contributed by atoms with E-state index in [-0.39, 0.29) is 0 Å². The molecular weight excluding hydrogens is 250 g/mol. The Bertz CT molecular complexity index is 275. The van der Waals surface area contributed by atoms with Gasteiger partial charge in [-0.25, -0.2) is 0 Å². The Labute approximate surface area is 123 Å². The van der Waals surface area contributed by atoms with Crippen molar-refractivity contribution in [2.24, 2.45) is 5.92 Å². The molecule has 2 N–H and O–H groups in total. The first kappa shape index (κ1) is 14.8. The van der Waals surface area contributed by atoms with E-state index in [2.05, 4.69) is 15.5 Å². The van der Waals surface area contributed by atoms with E-state index in [1.54, 1.807) is 0 Å². The summed E-state index contributed by atoms with van der Waals surface area (Å²) in [7, 11) is 0. The molecule has 2 aliphatic heterocycles. The smallest absolute Gasteiger partial charge is 0.0594 e. The second kappa shape index (κ2) is 7.74. The molecule has 0 aromatic carbocycles. The topological polar surface area (TPSA) is 36.5 Å². The SMILES string of the molecule is C1CNC(C2CCCCC2NCCN2CCOCC2)C1. The first-order valence-electron chi connectivity index (χ1n) is 8.70. The van der Waals surface area contributed by atoms with Crippen LogP contribution >= 0.6 is 0 Å². The average molecular weight is 281 g/mol. The maximum Gasteiger partial charge on any atom is 0.0594 e. The van der Waals surface area contributed by atoms with Crippen molar-refractivity contribution in [1.82, 2.24) is 15.5 Å². The van der Waals surface area contributed by atoms with E-state index < -0.39 is 0 Å². The van der Waals surface area contributed by atoms with Gasteiger partial charge in [0.25, 0.3) is 0 Å². The lowest BCUT2D eigenvalue weighted by Crippen LogP contribution is -2.49. The van der Waals surface area contributed by atoms with Gasteiger partial charge in [-0.1, -0.05) is 12.8 Å². The Morgan fingerprint density at radius 3 is 2.70 bits per heavy atom. The Kier molecular flexibility index (Phi) is 5.71. The van der Waals surface area contributed by atoms with Crippen molar-refractivity contribution in [2.75, 3.05) is 45.9 Å². The van der Waals surface area contributed by atoms with Crippen LogP contribution in [0.4, 0.5) is 0 Å². The summed E-state index contributed by atoms with van der Waals surface area (Å²) < 4.78 is 5.41. The summed E-state index contributed by atoms with van der Waals surface area (Å²) in [5.74, 6) is 0.871. The highest BCUT2D eigenvalue weighted by Gasteiger charge is 2.32. The van der Waals surface area contributed by atoms with Crippen molar-refractivity contribution in [3.8, 4) is 0 Å². The molecule has 3 aliphatic rings. The van der Waals surface area contributed by atoms with Crippen molar-refractivity contribution < 1.29 is 4.74 Å². The van der Waals surface area contributed by atoms with Crippen molar-refractivity contribution >= 4 is 0 Å². The van der Waals surface area contributed by atoms with Gasteiger partial charge in [0.15, 0.2) is 0 Å².